The van der Waals surface area contributed by atoms with Crippen molar-refractivity contribution < 1.29 is 9.21 Å². The average molecular weight is 392 g/mol. The van der Waals surface area contributed by atoms with Crippen LogP contribution in [0.3, 0.4) is 0 Å². The molecule has 1 aliphatic rings. The largest absolute Gasteiger partial charge is 0.457 e. The van der Waals surface area contributed by atoms with Gasteiger partial charge in [0.2, 0.25) is 0 Å². The van der Waals surface area contributed by atoms with E-state index in [-0.39, 0.29) is 5.91 Å². The van der Waals surface area contributed by atoms with Crippen LogP contribution in [0.25, 0.3) is 17.4 Å². The van der Waals surface area contributed by atoms with E-state index >= 15 is 0 Å². The highest BCUT2D eigenvalue weighted by Crippen LogP contribution is 2.34. The van der Waals surface area contributed by atoms with Crippen molar-refractivity contribution in [2.75, 3.05) is 0 Å². The van der Waals surface area contributed by atoms with Gasteiger partial charge in [-0.3, -0.25) is 9.69 Å². The van der Waals surface area contributed by atoms with Gasteiger partial charge in [0.25, 0.3) is 5.91 Å². The Balaban J connectivity index is 1.53. The number of aryl methyl sites for hydroxylation is 1. The van der Waals surface area contributed by atoms with Gasteiger partial charge in [0.05, 0.1) is 11.4 Å². The summed E-state index contributed by atoms with van der Waals surface area (Å²) in [5.41, 5.74) is 3.26. The van der Waals surface area contributed by atoms with E-state index < -0.39 is 0 Å². The van der Waals surface area contributed by atoms with Gasteiger partial charge in [-0.15, -0.1) is 0 Å². The number of thiocarbonyl (C=S) groups is 1. The van der Waals surface area contributed by atoms with Crippen LogP contribution in [0.5, 0.6) is 0 Å². The van der Waals surface area contributed by atoms with Crippen molar-refractivity contribution in [3.8, 4) is 11.3 Å². The van der Waals surface area contributed by atoms with Crippen molar-refractivity contribution in [2.24, 2.45) is 0 Å². The summed E-state index contributed by atoms with van der Waals surface area (Å²) in [4.78, 5) is 15.0. The molecule has 0 saturated carbocycles. The van der Waals surface area contributed by atoms with Gasteiger partial charge in [0, 0.05) is 11.6 Å². The number of hydrogen-bond acceptors (Lipinski definition) is 4. The number of hydrogen-bond donors (Lipinski definition) is 0. The Morgan fingerprint density at radius 3 is 2.52 bits per heavy atom. The Kier molecular flexibility index (Phi) is 4.97. The van der Waals surface area contributed by atoms with Crippen LogP contribution >= 0.6 is 24.0 Å². The molecule has 1 fully saturated rings. The molecule has 4 rings (SSSR count). The zero-order valence-corrected chi connectivity index (χ0v) is 16.3. The van der Waals surface area contributed by atoms with Gasteiger partial charge >= 0.3 is 0 Å². The van der Waals surface area contributed by atoms with Crippen LogP contribution in [0.2, 0.25) is 0 Å². The fourth-order valence-electron chi connectivity index (χ4n) is 2.83. The molecular weight excluding hydrogens is 374 g/mol. The molecule has 0 radical (unpaired) electrons. The SMILES string of the molecule is Cc1ccc(-c2ccc(C=C3SC(=S)N(Cc4ccccc4)C3=O)o2)cc1. The molecule has 0 spiro atoms. The molecule has 1 saturated heterocycles. The van der Waals surface area contributed by atoms with Crippen LogP contribution in [-0.4, -0.2) is 15.1 Å². The Morgan fingerprint density at radius 2 is 1.78 bits per heavy atom. The van der Waals surface area contributed by atoms with Gasteiger partial charge in [-0.1, -0.05) is 84.1 Å². The molecule has 0 aliphatic carbocycles. The first-order valence-electron chi connectivity index (χ1n) is 8.56. The summed E-state index contributed by atoms with van der Waals surface area (Å²) in [6.45, 7) is 2.53. The maximum atomic E-state index is 12.7. The summed E-state index contributed by atoms with van der Waals surface area (Å²) < 4.78 is 6.47. The number of furan rings is 1. The second-order valence-corrected chi connectivity index (χ2v) is 8.00. The fraction of sp³-hybridized carbons (Fsp3) is 0.0909. The van der Waals surface area contributed by atoms with Crippen molar-refractivity contribution >= 4 is 40.3 Å². The van der Waals surface area contributed by atoms with Crippen LogP contribution in [0.1, 0.15) is 16.9 Å². The average Bonchev–Trinajstić information content (AvgIpc) is 3.24. The number of amides is 1. The number of thioether (sulfide) groups is 1. The molecule has 3 nitrogen and oxygen atoms in total. The van der Waals surface area contributed by atoms with Crippen molar-refractivity contribution in [3.05, 3.63) is 88.5 Å². The molecule has 3 aromatic rings. The molecule has 27 heavy (non-hydrogen) atoms. The van der Waals surface area contributed by atoms with E-state index in [2.05, 4.69) is 6.92 Å². The van der Waals surface area contributed by atoms with E-state index in [9.17, 15) is 4.79 Å². The summed E-state index contributed by atoms with van der Waals surface area (Å²) >= 11 is 6.71. The van der Waals surface area contributed by atoms with E-state index in [0.717, 1.165) is 16.9 Å². The van der Waals surface area contributed by atoms with E-state index in [1.807, 2.05) is 66.7 Å². The van der Waals surface area contributed by atoms with Crippen molar-refractivity contribution in [1.82, 2.24) is 4.90 Å². The molecule has 134 valence electrons. The van der Waals surface area contributed by atoms with Gasteiger partial charge in [-0.25, -0.2) is 0 Å². The molecule has 0 atom stereocenters. The lowest BCUT2D eigenvalue weighted by Crippen LogP contribution is -2.27. The van der Waals surface area contributed by atoms with Crippen molar-refractivity contribution in [3.63, 3.8) is 0 Å². The zero-order chi connectivity index (χ0) is 18.8. The van der Waals surface area contributed by atoms with Gasteiger partial charge in [0.15, 0.2) is 0 Å². The lowest BCUT2D eigenvalue weighted by Gasteiger charge is -2.14. The number of carbonyl (C=O) groups is 1. The number of carbonyl (C=O) groups excluding carboxylic acids is 1. The van der Waals surface area contributed by atoms with E-state index in [1.165, 1.54) is 17.3 Å². The third kappa shape index (κ3) is 3.89. The molecule has 0 bridgehead atoms. The van der Waals surface area contributed by atoms with Crippen LogP contribution in [0.4, 0.5) is 0 Å². The van der Waals surface area contributed by atoms with Crippen LogP contribution in [0.15, 0.2) is 76.1 Å². The topological polar surface area (TPSA) is 33.5 Å². The molecule has 1 aliphatic heterocycles. The summed E-state index contributed by atoms with van der Waals surface area (Å²) in [7, 11) is 0. The van der Waals surface area contributed by atoms with E-state index in [4.69, 9.17) is 16.6 Å². The third-order valence-electron chi connectivity index (χ3n) is 4.29. The Labute approximate surface area is 167 Å². The predicted molar refractivity (Wildman–Crippen MR) is 114 cm³/mol. The molecule has 1 amide bonds. The third-order valence-corrected chi connectivity index (χ3v) is 5.67. The molecule has 1 aromatic heterocycles. The van der Waals surface area contributed by atoms with Gasteiger partial charge in [-0.05, 0) is 24.6 Å². The maximum Gasteiger partial charge on any atom is 0.266 e. The first-order valence-corrected chi connectivity index (χ1v) is 9.79. The lowest BCUT2D eigenvalue weighted by atomic mass is 10.1. The maximum absolute atomic E-state index is 12.7. The summed E-state index contributed by atoms with van der Waals surface area (Å²) in [5, 5.41) is 0. The second-order valence-electron chi connectivity index (χ2n) is 6.32. The minimum Gasteiger partial charge on any atom is -0.457 e. The standard InChI is InChI=1S/C22H17NO2S2/c1-15-7-9-17(10-8-15)19-12-11-18(25-19)13-20-21(24)23(22(26)27-20)14-16-5-3-2-4-6-16/h2-13H,14H2,1H3. The van der Waals surface area contributed by atoms with Crippen molar-refractivity contribution in [2.45, 2.75) is 13.5 Å². The monoisotopic (exact) mass is 391 g/mol. The van der Waals surface area contributed by atoms with Gasteiger partial charge < -0.3 is 4.42 Å². The zero-order valence-electron chi connectivity index (χ0n) is 14.7. The highest BCUT2D eigenvalue weighted by molar-refractivity contribution is 8.26. The summed E-state index contributed by atoms with van der Waals surface area (Å²) in [6.07, 6.45) is 1.77. The normalized spacial score (nSPS) is 15.7. The first-order chi connectivity index (χ1) is 13.1. The fourth-order valence-corrected chi connectivity index (χ4v) is 4.07. The molecule has 0 unspecified atom stereocenters. The quantitative estimate of drug-likeness (QED) is 0.425. The molecular formula is C22H17NO2S2. The van der Waals surface area contributed by atoms with Gasteiger partial charge in [-0.2, -0.15) is 0 Å². The first kappa shape index (κ1) is 17.8. The second kappa shape index (κ2) is 7.55. The smallest absolute Gasteiger partial charge is 0.266 e. The Hall–Kier alpha value is -2.63. The number of rotatable bonds is 4. The minimum absolute atomic E-state index is 0.0814. The van der Waals surface area contributed by atoms with Gasteiger partial charge in [0.1, 0.15) is 15.8 Å². The molecule has 0 N–H and O–H groups in total. The van der Waals surface area contributed by atoms with Crippen molar-refractivity contribution in [1.29, 1.82) is 0 Å². The van der Waals surface area contributed by atoms with Crippen LogP contribution in [0, 0.1) is 6.92 Å². The Bertz CT molecular complexity index is 1020. The lowest BCUT2D eigenvalue weighted by molar-refractivity contribution is -0.122. The van der Waals surface area contributed by atoms with E-state index in [0.29, 0.717) is 21.5 Å². The van der Waals surface area contributed by atoms with Crippen LogP contribution in [-0.2, 0) is 11.3 Å². The van der Waals surface area contributed by atoms with Crippen LogP contribution < -0.4 is 0 Å². The highest BCUT2D eigenvalue weighted by atomic mass is 32.2. The highest BCUT2D eigenvalue weighted by Gasteiger charge is 2.32. The van der Waals surface area contributed by atoms with E-state index in [1.54, 1.807) is 11.0 Å². The summed E-state index contributed by atoms with van der Waals surface area (Å²) in [5.74, 6) is 1.34. The number of benzene rings is 2. The Morgan fingerprint density at radius 1 is 1.04 bits per heavy atom. The predicted octanol–water partition coefficient (Wildman–Crippen LogP) is 5.66. The number of nitrogens with zero attached hydrogens (tertiary/aromatic N) is 1. The molecule has 5 heteroatoms. The summed E-state index contributed by atoms with van der Waals surface area (Å²) in [6, 6.07) is 21.8. The molecule has 2 aromatic carbocycles. The molecule has 2 heterocycles. The minimum atomic E-state index is -0.0814.